The van der Waals surface area contributed by atoms with Crippen LogP contribution in [0.3, 0.4) is 0 Å². The average Bonchev–Trinajstić information content (AvgIpc) is 3.33. The van der Waals surface area contributed by atoms with E-state index in [1.54, 1.807) is 11.3 Å². The lowest BCUT2D eigenvalue weighted by molar-refractivity contribution is -0.121. The summed E-state index contributed by atoms with van der Waals surface area (Å²) in [5.74, 6) is 0.417. The summed E-state index contributed by atoms with van der Waals surface area (Å²) in [6, 6.07) is 11.8. The van der Waals surface area contributed by atoms with Crippen molar-refractivity contribution in [2.45, 2.75) is 39.3 Å². The Morgan fingerprint density at radius 3 is 2.90 bits per heavy atom. The quantitative estimate of drug-likeness (QED) is 0.650. The fourth-order valence-corrected chi connectivity index (χ4v) is 4.74. The normalized spacial score (nSPS) is 16.4. The lowest BCUT2D eigenvalue weighted by atomic mass is 10.1. The van der Waals surface area contributed by atoms with Crippen molar-refractivity contribution in [2.75, 3.05) is 13.1 Å². The van der Waals surface area contributed by atoms with Gasteiger partial charge in [0.25, 0.3) is 5.91 Å². The van der Waals surface area contributed by atoms with Crippen LogP contribution < -0.4 is 5.32 Å². The molecule has 29 heavy (non-hydrogen) atoms. The van der Waals surface area contributed by atoms with Crippen LogP contribution in [0.4, 0.5) is 0 Å². The van der Waals surface area contributed by atoms with Gasteiger partial charge in [-0.2, -0.15) is 0 Å². The van der Waals surface area contributed by atoms with Gasteiger partial charge in [0.2, 0.25) is 5.91 Å². The monoisotopic (exact) mass is 410 g/mol. The Morgan fingerprint density at radius 2 is 2.10 bits per heavy atom. The number of aromatic nitrogens is 2. The van der Waals surface area contributed by atoms with Crippen LogP contribution in [0.1, 0.15) is 35.8 Å². The Kier molecular flexibility index (Phi) is 5.67. The number of para-hydroxylation sites is 1. The molecular weight excluding hydrogens is 384 g/mol. The number of nitrogens with zero attached hydrogens (tertiary/aromatic N) is 3. The van der Waals surface area contributed by atoms with Gasteiger partial charge in [0.15, 0.2) is 0 Å². The minimum atomic E-state index is -0.0313. The summed E-state index contributed by atoms with van der Waals surface area (Å²) < 4.78 is 3.13. The molecule has 2 aromatic heterocycles. The van der Waals surface area contributed by atoms with E-state index in [0.717, 1.165) is 20.9 Å². The molecule has 2 amide bonds. The second-order valence-corrected chi connectivity index (χ2v) is 9.05. The standard InChI is InChI=1S/C22H26N4O2S/c1-15(2)13-26-16(14-25-11-5-7-18(25)22(26)28)12-23-20(27)9-10-21-24-17-6-3-4-8-19(17)29-21/h3-8,11,15-16H,9-10,12-14H2,1-2H3,(H,23,27). The largest absolute Gasteiger partial charge is 0.354 e. The van der Waals surface area contributed by atoms with Crippen LogP contribution in [-0.4, -0.2) is 45.4 Å². The van der Waals surface area contributed by atoms with Crippen LogP contribution in [0.25, 0.3) is 10.2 Å². The number of thiazole rings is 1. The van der Waals surface area contributed by atoms with Crippen molar-refractivity contribution in [3.63, 3.8) is 0 Å². The highest BCUT2D eigenvalue weighted by Gasteiger charge is 2.32. The molecule has 3 heterocycles. The fourth-order valence-electron chi connectivity index (χ4n) is 3.77. The third-order valence-corrected chi connectivity index (χ3v) is 6.25. The molecule has 0 fully saturated rings. The van der Waals surface area contributed by atoms with E-state index < -0.39 is 0 Å². The van der Waals surface area contributed by atoms with Crippen LogP contribution in [0.2, 0.25) is 0 Å². The van der Waals surface area contributed by atoms with Crippen LogP contribution in [-0.2, 0) is 17.8 Å². The number of fused-ring (bicyclic) bond motifs is 2. The van der Waals surface area contributed by atoms with Gasteiger partial charge in [-0.3, -0.25) is 9.59 Å². The van der Waals surface area contributed by atoms with Gasteiger partial charge in [-0.05, 0) is 30.2 Å². The predicted molar refractivity (Wildman–Crippen MR) is 115 cm³/mol. The molecule has 3 aromatic rings. The van der Waals surface area contributed by atoms with E-state index in [-0.39, 0.29) is 17.9 Å². The maximum absolute atomic E-state index is 12.8. The van der Waals surface area contributed by atoms with E-state index in [9.17, 15) is 9.59 Å². The zero-order chi connectivity index (χ0) is 20.4. The number of aryl methyl sites for hydroxylation is 1. The van der Waals surface area contributed by atoms with Gasteiger partial charge in [-0.1, -0.05) is 26.0 Å². The van der Waals surface area contributed by atoms with Crippen LogP contribution in [0.5, 0.6) is 0 Å². The van der Waals surface area contributed by atoms with E-state index in [1.807, 2.05) is 46.0 Å². The first-order valence-electron chi connectivity index (χ1n) is 10.1. The smallest absolute Gasteiger partial charge is 0.270 e. The fraction of sp³-hybridized carbons (Fsp3) is 0.409. The first-order chi connectivity index (χ1) is 14.0. The van der Waals surface area contributed by atoms with E-state index in [2.05, 4.69) is 30.2 Å². The van der Waals surface area contributed by atoms with Crippen molar-refractivity contribution in [1.29, 1.82) is 0 Å². The summed E-state index contributed by atoms with van der Waals surface area (Å²) >= 11 is 1.64. The summed E-state index contributed by atoms with van der Waals surface area (Å²) in [5.41, 5.74) is 1.71. The molecular formula is C22H26N4O2S. The molecule has 0 aliphatic carbocycles. The van der Waals surface area contributed by atoms with Gasteiger partial charge in [-0.25, -0.2) is 4.98 Å². The van der Waals surface area contributed by atoms with Gasteiger partial charge in [-0.15, -0.1) is 11.3 Å². The van der Waals surface area contributed by atoms with Crippen molar-refractivity contribution in [3.8, 4) is 0 Å². The van der Waals surface area contributed by atoms with Crippen LogP contribution in [0, 0.1) is 5.92 Å². The molecule has 0 radical (unpaired) electrons. The number of carbonyl (C=O) groups excluding carboxylic acids is 2. The number of nitrogens with one attached hydrogen (secondary N) is 1. The predicted octanol–water partition coefficient (Wildman–Crippen LogP) is 3.33. The van der Waals surface area contributed by atoms with E-state index >= 15 is 0 Å². The molecule has 1 atom stereocenters. The van der Waals surface area contributed by atoms with Gasteiger partial charge in [0.05, 0.1) is 21.3 Å². The minimum absolute atomic E-state index is 0.000458. The maximum atomic E-state index is 12.8. The summed E-state index contributed by atoms with van der Waals surface area (Å²) in [5, 5.41) is 4.01. The second kappa shape index (κ2) is 8.37. The van der Waals surface area contributed by atoms with Crippen LogP contribution >= 0.6 is 11.3 Å². The van der Waals surface area contributed by atoms with Crippen molar-refractivity contribution in [3.05, 3.63) is 53.3 Å². The lowest BCUT2D eigenvalue weighted by Gasteiger charge is -2.37. The number of benzene rings is 1. The molecule has 152 valence electrons. The third kappa shape index (κ3) is 4.34. The van der Waals surface area contributed by atoms with E-state index in [1.165, 1.54) is 0 Å². The van der Waals surface area contributed by atoms with Crippen molar-refractivity contribution < 1.29 is 9.59 Å². The number of rotatable bonds is 7. The third-order valence-electron chi connectivity index (χ3n) is 5.16. The highest BCUT2D eigenvalue weighted by molar-refractivity contribution is 7.18. The zero-order valence-corrected chi connectivity index (χ0v) is 17.6. The molecule has 1 aliphatic rings. The van der Waals surface area contributed by atoms with Crippen molar-refractivity contribution >= 4 is 33.4 Å². The molecule has 4 rings (SSSR count). The molecule has 0 saturated heterocycles. The topological polar surface area (TPSA) is 67.2 Å². The van der Waals surface area contributed by atoms with E-state index in [0.29, 0.717) is 38.4 Å². The maximum Gasteiger partial charge on any atom is 0.270 e. The highest BCUT2D eigenvalue weighted by Crippen LogP contribution is 2.22. The molecule has 0 saturated carbocycles. The van der Waals surface area contributed by atoms with Gasteiger partial charge >= 0.3 is 0 Å². The van der Waals surface area contributed by atoms with Crippen LogP contribution in [0.15, 0.2) is 42.6 Å². The number of hydrogen-bond acceptors (Lipinski definition) is 4. The second-order valence-electron chi connectivity index (χ2n) is 7.93. The molecule has 7 heteroatoms. The Bertz CT molecular complexity index is 990. The number of carbonyl (C=O) groups is 2. The zero-order valence-electron chi connectivity index (χ0n) is 16.8. The van der Waals surface area contributed by atoms with Crippen molar-refractivity contribution in [2.24, 2.45) is 5.92 Å². The Morgan fingerprint density at radius 1 is 1.28 bits per heavy atom. The first-order valence-corrected chi connectivity index (χ1v) is 10.9. The summed E-state index contributed by atoms with van der Waals surface area (Å²) in [7, 11) is 0. The first kappa shape index (κ1) is 19.6. The van der Waals surface area contributed by atoms with Gasteiger partial charge in [0.1, 0.15) is 5.69 Å². The summed E-state index contributed by atoms with van der Waals surface area (Å²) in [4.78, 5) is 31.8. The molecule has 1 aliphatic heterocycles. The Balaban J connectivity index is 1.35. The summed E-state index contributed by atoms with van der Waals surface area (Å²) in [6.07, 6.45) is 2.97. The molecule has 1 N–H and O–H groups in total. The number of hydrogen-bond donors (Lipinski definition) is 1. The molecule has 1 unspecified atom stereocenters. The average molecular weight is 411 g/mol. The van der Waals surface area contributed by atoms with Crippen molar-refractivity contribution in [1.82, 2.24) is 19.8 Å². The highest BCUT2D eigenvalue weighted by atomic mass is 32.1. The SMILES string of the molecule is CC(C)CN1C(=O)c2cccn2CC1CNC(=O)CCc1nc2ccccc2s1. The molecule has 6 nitrogen and oxygen atoms in total. The molecule has 0 spiro atoms. The minimum Gasteiger partial charge on any atom is -0.354 e. The molecule has 0 bridgehead atoms. The van der Waals surface area contributed by atoms with Gasteiger partial charge < -0.3 is 14.8 Å². The van der Waals surface area contributed by atoms with Gasteiger partial charge in [0, 0.05) is 38.7 Å². The lowest BCUT2D eigenvalue weighted by Crippen LogP contribution is -2.53. The number of amides is 2. The Hall–Kier alpha value is -2.67. The van der Waals surface area contributed by atoms with E-state index in [4.69, 9.17) is 0 Å². The molecule has 1 aromatic carbocycles. The Labute approximate surface area is 174 Å². The summed E-state index contributed by atoms with van der Waals surface area (Å²) in [6.45, 7) is 6.08.